The van der Waals surface area contributed by atoms with Crippen molar-refractivity contribution in [3.63, 3.8) is 0 Å². The van der Waals surface area contributed by atoms with Crippen LogP contribution in [0.15, 0.2) is 76.5 Å². The summed E-state index contributed by atoms with van der Waals surface area (Å²) in [5.41, 5.74) is 1.84. The summed E-state index contributed by atoms with van der Waals surface area (Å²) >= 11 is 0. The molecule has 0 spiro atoms. The van der Waals surface area contributed by atoms with Crippen molar-refractivity contribution in [1.82, 2.24) is 24.4 Å². The second kappa shape index (κ2) is 8.13. The molecule has 5 rings (SSSR count). The number of ether oxygens (including phenoxy) is 1. The average Bonchev–Trinajstić information content (AvgIpc) is 3.27. The van der Waals surface area contributed by atoms with E-state index in [-0.39, 0.29) is 25.1 Å². The van der Waals surface area contributed by atoms with Crippen LogP contribution >= 0.6 is 0 Å². The summed E-state index contributed by atoms with van der Waals surface area (Å²) in [6, 6.07) is 14.2. The standard InChI is InChI=1S/C22H19N5O4S/c1-15-6-2-5-9-20(15)32(28,29)27-13-16(14-27)30-19-8-4-3-7-17(19)22-25-21(26-31-22)18-12-23-10-11-24-18/h2-12,16H,13-14H2,1H3. The zero-order valence-electron chi connectivity index (χ0n) is 17.1. The van der Waals surface area contributed by atoms with Crippen molar-refractivity contribution in [3.8, 4) is 28.7 Å². The van der Waals surface area contributed by atoms with Crippen molar-refractivity contribution in [2.75, 3.05) is 13.1 Å². The molecule has 3 heterocycles. The molecule has 162 valence electrons. The molecule has 1 aliphatic heterocycles. The van der Waals surface area contributed by atoms with E-state index < -0.39 is 10.0 Å². The van der Waals surface area contributed by atoms with Crippen LogP contribution in [0.5, 0.6) is 5.75 Å². The Balaban J connectivity index is 1.32. The Bertz CT molecular complexity index is 1350. The molecule has 0 radical (unpaired) electrons. The van der Waals surface area contributed by atoms with Gasteiger partial charge in [0.1, 0.15) is 17.5 Å². The number of sulfonamides is 1. The summed E-state index contributed by atoms with van der Waals surface area (Å²) in [6.07, 6.45) is 4.39. The molecule has 2 aromatic carbocycles. The van der Waals surface area contributed by atoms with Gasteiger partial charge in [0.15, 0.2) is 0 Å². The number of aryl methyl sites for hydroxylation is 1. The van der Waals surface area contributed by atoms with Gasteiger partial charge in [-0.3, -0.25) is 4.98 Å². The summed E-state index contributed by atoms with van der Waals surface area (Å²) in [6.45, 7) is 2.32. The minimum Gasteiger partial charge on any atom is -0.487 e. The molecule has 4 aromatic rings. The SMILES string of the molecule is Cc1ccccc1S(=O)(=O)N1CC(Oc2ccccc2-c2nc(-c3cnccn3)no2)C1. The van der Waals surface area contributed by atoms with Crippen molar-refractivity contribution < 1.29 is 17.7 Å². The van der Waals surface area contributed by atoms with Crippen molar-refractivity contribution in [3.05, 3.63) is 72.7 Å². The number of benzene rings is 2. The van der Waals surface area contributed by atoms with Crippen LogP contribution in [0.25, 0.3) is 23.0 Å². The summed E-state index contributed by atoms with van der Waals surface area (Å²) in [7, 11) is -3.55. The Morgan fingerprint density at radius 3 is 2.62 bits per heavy atom. The Morgan fingerprint density at radius 2 is 1.84 bits per heavy atom. The van der Waals surface area contributed by atoms with Crippen LogP contribution in [-0.2, 0) is 10.0 Å². The average molecular weight is 449 g/mol. The highest BCUT2D eigenvalue weighted by molar-refractivity contribution is 7.89. The van der Waals surface area contributed by atoms with Gasteiger partial charge in [-0.15, -0.1) is 0 Å². The van der Waals surface area contributed by atoms with Crippen LogP contribution in [-0.4, -0.2) is 52.0 Å². The van der Waals surface area contributed by atoms with Crippen LogP contribution in [0.4, 0.5) is 0 Å². The van der Waals surface area contributed by atoms with E-state index in [4.69, 9.17) is 9.26 Å². The molecule has 0 aliphatic carbocycles. The lowest BCUT2D eigenvalue weighted by molar-refractivity contribution is 0.0765. The van der Waals surface area contributed by atoms with Crippen molar-refractivity contribution in [2.45, 2.75) is 17.9 Å². The predicted octanol–water partition coefficient (Wildman–Crippen LogP) is 2.95. The van der Waals surface area contributed by atoms with E-state index in [2.05, 4.69) is 20.1 Å². The van der Waals surface area contributed by atoms with Gasteiger partial charge in [-0.25, -0.2) is 13.4 Å². The zero-order chi connectivity index (χ0) is 22.1. The number of aromatic nitrogens is 4. The Labute approximate surface area is 184 Å². The third-order valence-electron chi connectivity index (χ3n) is 5.16. The maximum absolute atomic E-state index is 12.9. The van der Waals surface area contributed by atoms with Gasteiger partial charge in [-0.2, -0.15) is 9.29 Å². The minimum absolute atomic E-state index is 0.264. The topological polar surface area (TPSA) is 111 Å². The molecule has 2 aromatic heterocycles. The van der Waals surface area contributed by atoms with E-state index in [1.165, 1.54) is 4.31 Å². The Kier molecular flexibility index (Phi) is 5.16. The molecule has 0 unspecified atom stereocenters. The first-order valence-electron chi connectivity index (χ1n) is 9.94. The molecule has 0 saturated carbocycles. The highest BCUT2D eigenvalue weighted by atomic mass is 32.2. The first kappa shape index (κ1) is 20.3. The van der Waals surface area contributed by atoms with Gasteiger partial charge in [0.2, 0.25) is 15.8 Å². The number of hydrogen-bond acceptors (Lipinski definition) is 8. The molecule has 32 heavy (non-hydrogen) atoms. The van der Waals surface area contributed by atoms with Crippen LogP contribution in [0.3, 0.4) is 0 Å². The second-order valence-corrected chi connectivity index (χ2v) is 9.24. The van der Waals surface area contributed by atoms with E-state index in [0.717, 1.165) is 5.56 Å². The Hall–Kier alpha value is -3.63. The molecule has 0 N–H and O–H groups in total. The molecule has 0 amide bonds. The molecule has 0 atom stereocenters. The van der Waals surface area contributed by atoms with E-state index in [9.17, 15) is 8.42 Å². The summed E-state index contributed by atoms with van der Waals surface area (Å²) in [4.78, 5) is 12.9. The predicted molar refractivity (Wildman–Crippen MR) is 115 cm³/mol. The largest absolute Gasteiger partial charge is 0.487 e. The number of rotatable bonds is 6. The first-order valence-corrected chi connectivity index (χ1v) is 11.4. The lowest BCUT2D eigenvalue weighted by Crippen LogP contribution is -2.56. The number of para-hydroxylation sites is 1. The Morgan fingerprint density at radius 1 is 1.06 bits per heavy atom. The van der Waals surface area contributed by atoms with Gasteiger partial charge in [-0.05, 0) is 30.7 Å². The summed E-state index contributed by atoms with van der Waals surface area (Å²) in [5.74, 6) is 1.15. The van der Waals surface area contributed by atoms with Gasteiger partial charge >= 0.3 is 0 Å². The molecule has 1 aliphatic rings. The molecule has 10 heteroatoms. The summed E-state index contributed by atoms with van der Waals surface area (Å²) < 4.78 is 38.7. The van der Waals surface area contributed by atoms with E-state index in [1.54, 1.807) is 49.8 Å². The zero-order valence-corrected chi connectivity index (χ0v) is 17.9. The number of nitrogens with zero attached hydrogens (tertiary/aromatic N) is 5. The van der Waals surface area contributed by atoms with Crippen LogP contribution in [0.2, 0.25) is 0 Å². The summed E-state index contributed by atoms with van der Waals surface area (Å²) in [5, 5.41) is 3.97. The molecule has 1 saturated heterocycles. The van der Waals surface area contributed by atoms with E-state index >= 15 is 0 Å². The van der Waals surface area contributed by atoms with Crippen molar-refractivity contribution in [1.29, 1.82) is 0 Å². The maximum atomic E-state index is 12.9. The molecule has 9 nitrogen and oxygen atoms in total. The normalized spacial score (nSPS) is 14.8. The van der Waals surface area contributed by atoms with Crippen LogP contribution in [0, 0.1) is 6.92 Å². The van der Waals surface area contributed by atoms with Crippen LogP contribution in [0.1, 0.15) is 5.56 Å². The van der Waals surface area contributed by atoms with Gasteiger partial charge in [0.25, 0.3) is 5.89 Å². The minimum atomic E-state index is -3.55. The monoisotopic (exact) mass is 449 g/mol. The highest BCUT2D eigenvalue weighted by Gasteiger charge is 2.39. The lowest BCUT2D eigenvalue weighted by Gasteiger charge is -2.38. The maximum Gasteiger partial charge on any atom is 0.262 e. The molecular weight excluding hydrogens is 430 g/mol. The van der Waals surface area contributed by atoms with Gasteiger partial charge in [0, 0.05) is 12.4 Å². The molecular formula is C22H19N5O4S. The van der Waals surface area contributed by atoms with Gasteiger partial charge in [-0.1, -0.05) is 35.5 Å². The third-order valence-corrected chi connectivity index (χ3v) is 7.15. The smallest absolute Gasteiger partial charge is 0.262 e. The van der Waals surface area contributed by atoms with E-state index in [1.807, 2.05) is 24.3 Å². The third kappa shape index (κ3) is 3.74. The lowest BCUT2D eigenvalue weighted by atomic mass is 10.2. The number of hydrogen-bond donors (Lipinski definition) is 0. The second-order valence-electron chi connectivity index (χ2n) is 7.34. The first-order chi connectivity index (χ1) is 15.5. The molecule has 1 fully saturated rings. The highest BCUT2D eigenvalue weighted by Crippen LogP contribution is 2.33. The van der Waals surface area contributed by atoms with Gasteiger partial charge in [0.05, 0.1) is 29.7 Å². The fourth-order valence-electron chi connectivity index (χ4n) is 3.43. The van der Waals surface area contributed by atoms with Gasteiger partial charge < -0.3 is 9.26 Å². The van der Waals surface area contributed by atoms with Crippen molar-refractivity contribution in [2.24, 2.45) is 0 Å². The van der Waals surface area contributed by atoms with Crippen molar-refractivity contribution >= 4 is 10.0 Å². The van der Waals surface area contributed by atoms with Crippen LogP contribution < -0.4 is 4.74 Å². The quantitative estimate of drug-likeness (QED) is 0.442. The fourth-order valence-corrected chi connectivity index (χ4v) is 5.16. The van der Waals surface area contributed by atoms with E-state index in [0.29, 0.717) is 27.7 Å². The fraction of sp³-hybridized carbons (Fsp3) is 0.182. The molecule has 0 bridgehead atoms.